The summed E-state index contributed by atoms with van der Waals surface area (Å²) in [5, 5.41) is 0.422. The zero-order valence-electron chi connectivity index (χ0n) is 17.1. The van der Waals surface area contributed by atoms with Crippen LogP contribution in [0.25, 0.3) is 0 Å². The van der Waals surface area contributed by atoms with Crippen LogP contribution >= 0.6 is 11.6 Å². The summed E-state index contributed by atoms with van der Waals surface area (Å²) in [5.41, 5.74) is 0. The van der Waals surface area contributed by atoms with Crippen LogP contribution in [0.5, 0.6) is 0 Å². The van der Waals surface area contributed by atoms with Crippen molar-refractivity contribution in [3.63, 3.8) is 0 Å². The molecule has 1 heteroatoms. The van der Waals surface area contributed by atoms with Gasteiger partial charge in [0.15, 0.2) is 0 Å². The van der Waals surface area contributed by atoms with Crippen molar-refractivity contribution < 1.29 is 0 Å². The second-order valence-corrected chi connectivity index (χ2v) is 8.42. The third-order valence-electron chi connectivity index (χ3n) is 5.31. The van der Waals surface area contributed by atoms with E-state index < -0.39 is 0 Å². The van der Waals surface area contributed by atoms with E-state index >= 15 is 0 Å². The first-order valence-electron chi connectivity index (χ1n) is 11.4. The SMILES string of the molecule is CCCCCCCCCCCCCCCCCCCCC(Cl)CC. The second kappa shape index (κ2) is 21.3. The maximum atomic E-state index is 6.14. The largest absolute Gasteiger partial charge is 0.123 e. The van der Waals surface area contributed by atoms with Gasteiger partial charge in [0.25, 0.3) is 0 Å². The molecule has 1 unspecified atom stereocenters. The monoisotopic (exact) mass is 358 g/mol. The maximum absolute atomic E-state index is 6.14. The Labute approximate surface area is 159 Å². The van der Waals surface area contributed by atoms with Gasteiger partial charge in [-0.3, -0.25) is 0 Å². The Morgan fingerprint density at radius 1 is 0.458 bits per heavy atom. The minimum absolute atomic E-state index is 0.422. The first kappa shape index (κ1) is 24.3. The van der Waals surface area contributed by atoms with Crippen LogP contribution in [0.3, 0.4) is 0 Å². The molecule has 0 aliphatic carbocycles. The Morgan fingerprint density at radius 3 is 1.04 bits per heavy atom. The Kier molecular flexibility index (Phi) is 21.6. The molecule has 0 aromatic rings. The van der Waals surface area contributed by atoms with Gasteiger partial charge in [0.2, 0.25) is 0 Å². The first-order chi connectivity index (χ1) is 11.8. The lowest BCUT2D eigenvalue weighted by molar-refractivity contribution is 0.522. The average molecular weight is 359 g/mol. The highest BCUT2D eigenvalue weighted by atomic mass is 35.5. The van der Waals surface area contributed by atoms with Crippen molar-refractivity contribution in [1.29, 1.82) is 0 Å². The van der Waals surface area contributed by atoms with Crippen LogP contribution in [0.1, 0.15) is 142 Å². The van der Waals surface area contributed by atoms with E-state index in [2.05, 4.69) is 13.8 Å². The summed E-state index contributed by atoms with van der Waals surface area (Å²) >= 11 is 6.14. The van der Waals surface area contributed by atoms with Gasteiger partial charge in [0.05, 0.1) is 0 Å². The van der Waals surface area contributed by atoms with E-state index in [1.165, 1.54) is 122 Å². The summed E-state index contributed by atoms with van der Waals surface area (Å²) < 4.78 is 0. The molecule has 0 radical (unpaired) electrons. The van der Waals surface area contributed by atoms with E-state index in [-0.39, 0.29) is 0 Å². The van der Waals surface area contributed by atoms with Crippen molar-refractivity contribution >= 4 is 11.6 Å². The van der Waals surface area contributed by atoms with Crippen LogP contribution in [0, 0.1) is 0 Å². The van der Waals surface area contributed by atoms with Crippen molar-refractivity contribution in [2.45, 2.75) is 148 Å². The minimum Gasteiger partial charge on any atom is -0.123 e. The zero-order chi connectivity index (χ0) is 17.7. The fourth-order valence-corrected chi connectivity index (χ4v) is 3.63. The number of hydrogen-bond acceptors (Lipinski definition) is 0. The standard InChI is InChI=1S/C23H47Cl/c1-3-5-6-7-8-9-10-11-12-13-14-15-16-17-18-19-20-21-22-23(24)4-2/h23H,3-22H2,1-2H3. The molecule has 0 saturated heterocycles. The molecular formula is C23H47Cl. The molecule has 146 valence electrons. The summed E-state index contributed by atoms with van der Waals surface area (Å²) in [6.07, 6.45) is 28.4. The molecule has 0 nitrogen and oxygen atoms in total. The fourth-order valence-electron chi connectivity index (χ4n) is 3.47. The number of unbranched alkanes of at least 4 members (excludes halogenated alkanes) is 17. The highest BCUT2D eigenvalue weighted by molar-refractivity contribution is 6.20. The van der Waals surface area contributed by atoms with Crippen LogP contribution in [-0.4, -0.2) is 5.38 Å². The number of halogens is 1. The lowest BCUT2D eigenvalue weighted by atomic mass is 10.0. The van der Waals surface area contributed by atoms with Crippen LogP contribution in [0.2, 0.25) is 0 Å². The van der Waals surface area contributed by atoms with Crippen LogP contribution in [0.15, 0.2) is 0 Å². The fraction of sp³-hybridized carbons (Fsp3) is 1.00. The van der Waals surface area contributed by atoms with E-state index in [4.69, 9.17) is 11.6 Å². The van der Waals surface area contributed by atoms with Gasteiger partial charge >= 0.3 is 0 Å². The Hall–Kier alpha value is 0.290. The third kappa shape index (κ3) is 20.3. The highest BCUT2D eigenvalue weighted by Gasteiger charge is 2.00. The molecule has 0 amide bonds. The van der Waals surface area contributed by atoms with Crippen molar-refractivity contribution in [3.8, 4) is 0 Å². The summed E-state index contributed by atoms with van der Waals surface area (Å²) in [6.45, 7) is 4.48. The molecule has 0 aromatic carbocycles. The summed E-state index contributed by atoms with van der Waals surface area (Å²) in [6, 6.07) is 0. The molecule has 0 bridgehead atoms. The maximum Gasteiger partial charge on any atom is 0.0333 e. The molecule has 0 aliphatic heterocycles. The molecule has 0 aliphatic rings. The van der Waals surface area contributed by atoms with E-state index in [0.29, 0.717) is 5.38 Å². The van der Waals surface area contributed by atoms with Crippen molar-refractivity contribution in [3.05, 3.63) is 0 Å². The van der Waals surface area contributed by atoms with Crippen LogP contribution < -0.4 is 0 Å². The minimum atomic E-state index is 0.422. The molecule has 0 heterocycles. The Bertz CT molecular complexity index is 214. The summed E-state index contributed by atoms with van der Waals surface area (Å²) in [5.74, 6) is 0. The molecule has 0 fully saturated rings. The van der Waals surface area contributed by atoms with Crippen molar-refractivity contribution in [2.75, 3.05) is 0 Å². The number of hydrogen-bond donors (Lipinski definition) is 0. The average Bonchev–Trinajstić information content (AvgIpc) is 2.60. The molecule has 0 saturated carbocycles. The molecular weight excluding hydrogens is 312 g/mol. The van der Waals surface area contributed by atoms with E-state index in [9.17, 15) is 0 Å². The van der Waals surface area contributed by atoms with Crippen molar-refractivity contribution in [1.82, 2.24) is 0 Å². The van der Waals surface area contributed by atoms with Gasteiger partial charge in [-0.05, 0) is 12.8 Å². The van der Waals surface area contributed by atoms with Gasteiger partial charge in [0.1, 0.15) is 0 Å². The Morgan fingerprint density at radius 2 is 0.750 bits per heavy atom. The smallest absolute Gasteiger partial charge is 0.0333 e. The lowest BCUT2D eigenvalue weighted by Crippen LogP contribution is -1.95. The van der Waals surface area contributed by atoms with E-state index in [0.717, 1.165) is 6.42 Å². The second-order valence-electron chi connectivity index (χ2n) is 7.80. The predicted molar refractivity (Wildman–Crippen MR) is 113 cm³/mol. The summed E-state index contributed by atoms with van der Waals surface area (Å²) in [7, 11) is 0. The van der Waals surface area contributed by atoms with Gasteiger partial charge in [0, 0.05) is 5.38 Å². The molecule has 1 atom stereocenters. The Balaban J connectivity index is 2.98. The molecule has 24 heavy (non-hydrogen) atoms. The van der Waals surface area contributed by atoms with Gasteiger partial charge in [-0.2, -0.15) is 0 Å². The quantitative estimate of drug-likeness (QED) is 0.150. The predicted octanol–water partition coefficient (Wildman–Crippen LogP) is 9.44. The molecule has 0 spiro atoms. The third-order valence-corrected chi connectivity index (χ3v) is 5.84. The first-order valence-corrected chi connectivity index (χ1v) is 11.9. The van der Waals surface area contributed by atoms with E-state index in [1.54, 1.807) is 0 Å². The van der Waals surface area contributed by atoms with E-state index in [1.807, 2.05) is 0 Å². The molecule has 0 rings (SSSR count). The number of alkyl halides is 1. The molecule has 0 N–H and O–H groups in total. The number of rotatable bonds is 20. The van der Waals surface area contributed by atoms with Gasteiger partial charge in [-0.25, -0.2) is 0 Å². The lowest BCUT2D eigenvalue weighted by Gasteiger charge is -2.06. The van der Waals surface area contributed by atoms with Gasteiger partial charge in [-0.1, -0.05) is 129 Å². The topological polar surface area (TPSA) is 0 Å². The van der Waals surface area contributed by atoms with Gasteiger partial charge < -0.3 is 0 Å². The zero-order valence-corrected chi connectivity index (χ0v) is 17.9. The highest BCUT2D eigenvalue weighted by Crippen LogP contribution is 2.16. The summed E-state index contributed by atoms with van der Waals surface area (Å²) in [4.78, 5) is 0. The normalized spacial score (nSPS) is 12.6. The van der Waals surface area contributed by atoms with Crippen LogP contribution in [0.4, 0.5) is 0 Å². The van der Waals surface area contributed by atoms with Crippen LogP contribution in [-0.2, 0) is 0 Å². The van der Waals surface area contributed by atoms with Gasteiger partial charge in [-0.15, -0.1) is 11.6 Å². The van der Waals surface area contributed by atoms with Crippen molar-refractivity contribution in [2.24, 2.45) is 0 Å². The molecule has 0 aromatic heterocycles.